The molecule has 1 aromatic rings. The van der Waals surface area contributed by atoms with Crippen LogP contribution in [0.5, 0.6) is 0 Å². The van der Waals surface area contributed by atoms with E-state index in [1.807, 2.05) is 10.9 Å². The van der Waals surface area contributed by atoms with Gasteiger partial charge in [0.2, 0.25) is 0 Å². The summed E-state index contributed by atoms with van der Waals surface area (Å²) in [6.45, 7) is 3.42. The highest BCUT2D eigenvalue weighted by Crippen LogP contribution is 1.93. The maximum atomic E-state index is 5.21. The molecule has 1 saturated heterocycles. The number of morpholine rings is 1. The molecule has 0 unspecified atom stereocenters. The molecule has 12 heavy (non-hydrogen) atoms. The van der Waals surface area contributed by atoms with Crippen LogP contribution < -0.4 is 5.53 Å². The van der Waals surface area contributed by atoms with Crippen LogP contribution in [0.15, 0.2) is 18.7 Å². The van der Waals surface area contributed by atoms with Gasteiger partial charge in [-0.25, -0.2) is 14.7 Å². The summed E-state index contributed by atoms with van der Waals surface area (Å²) in [5.74, 6) is 0. The van der Waals surface area contributed by atoms with E-state index in [-0.39, 0.29) is 0 Å². The van der Waals surface area contributed by atoms with Crippen LogP contribution in [0.4, 0.5) is 0 Å². The van der Waals surface area contributed by atoms with Gasteiger partial charge in [-0.1, -0.05) is 0 Å². The zero-order valence-electron chi connectivity index (χ0n) is 6.81. The molecule has 2 rings (SSSR count). The van der Waals surface area contributed by atoms with E-state index in [9.17, 15) is 0 Å². The van der Waals surface area contributed by atoms with E-state index in [0.717, 1.165) is 26.3 Å². The van der Waals surface area contributed by atoms with Crippen molar-refractivity contribution >= 4 is 0 Å². The van der Waals surface area contributed by atoms with E-state index in [4.69, 9.17) is 4.74 Å². The van der Waals surface area contributed by atoms with Gasteiger partial charge in [-0.05, 0) is 0 Å². The van der Waals surface area contributed by atoms with Crippen LogP contribution in [-0.2, 0) is 4.74 Å². The van der Waals surface area contributed by atoms with Crippen molar-refractivity contribution in [2.45, 2.75) is 0 Å². The first-order chi connectivity index (χ1) is 5.95. The second-order valence-corrected chi connectivity index (χ2v) is 2.67. The maximum absolute atomic E-state index is 5.21. The van der Waals surface area contributed by atoms with Crippen molar-refractivity contribution in [2.24, 2.45) is 0 Å². The van der Waals surface area contributed by atoms with Crippen molar-refractivity contribution in [3.8, 4) is 0 Å². The highest BCUT2D eigenvalue weighted by atomic mass is 16.5. The lowest BCUT2D eigenvalue weighted by Gasteiger charge is -2.27. The Bertz CT molecular complexity index is 217. The molecule has 0 aromatic carbocycles. The molecule has 66 valence electrons. The van der Waals surface area contributed by atoms with E-state index in [2.05, 4.69) is 15.5 Å². The molecule has 2 heterocycles. The summed E-state index contributed by atoms with van der Waals surface area (Å²) in [4.78, 5) is 3.93. The summed E-state index contributed by atoms with van der Waals surface area (Å²) >= 11 is 0. The second-order valence-electron chi connectivity index (χ2n) is 2.67. The van der Waals surface area contributed by atoms with Crippen LogP contribution in [0.3, 0.4) is 0 Å². The number of nitrogens with one attached hydrogen (secondary N) is 1. The van der Waals surface area contributed by atoms with Gasteiger partial charge in [0.25, 0.3) is 0 Å². The van der Waals surface area contributed by atoms with Crippen LogP contribution in [0, 0.1) is 0 Å². The third kappa shape index (κ3) is 1.75. The second kappa shape index (κ2) is 3.55. The van der Waals surface area contributed by atoms with Crippen molar-refractivity contribution in [3.63, 3.8) is 0 Å². The number of hydrogen-bond acceptors (Lipinski definition) is 4. The molecule has 1 aliphatic rings. The molecule has 1 aliphatic heterocycles. The number of aromatic nitrogens is 2. The number of nitrogens with zero attached hydrogens (tertiary/aromatic N) is 3. The molecule has 0 spiro atoms. The molecule has 1 aromatic heterocycles. The standard InChI is InChI=1S/C7H12N4O/c1-2-11(7-8-1)9-10-3-5-12-6-4-10/h1-2,7,9H,3-6H2. The molecule has 5 heteroatoms. The first-order valence-corrected chi connectivity index (χ1v) is 4.02. The molecule has 0 amide bonds. The Hall–Kier alpha value is -1.07. The molecule has 0 bridgehead atoms. The third-order valence-electron chi connectivity index (χ3n) is 1.77. The number of hydrazine groups is 1. The van der Waals surface area contributed by atoms with Crippen LogP contribution in [0.2, 0.25) is 0 Å². The number of hydrogen-bond donors (Lipinski definition) is 1. The Morgan fingerprint density at radius 1 is 1.33 bits per heavy atom. The monoisotopic (exact) mass is 168 g/mol. The minimum Gasteiger partial charge on any atom is -0.379 e. The van der Waals surface area contributed by atoms with Gasteiger partial charge in [0.1, 0.15) is 6.33 Å². The van der Waals surface area contributed by atoms with Gasteiger partial charge < -0.3 is 4.74 Å². The van der Waals surface area contributed by atoms with E-state index in [1.54, 1.807) is 12.5 Å². The zero-order valence-corrected chi connectivity index (χ0v) is 6.81. The lowest BCUT2D eigenvalue weighted by Crippen LogP contribution is -2.43. The highest BCUT2D eigenvalue weighted by molar-refractivity contribution is 4.79. The van der Waals surface area contributed by atoms with E-state index in [0.29, 0.717) is 0 Å². The van der Waals surface area contributed by atoms with Crippen molar-refractivity contribution in [1.29, 1.82) is 0 Å². The summed E-state index contributed by atoms with van der Waals surface area (Å²) in [5, 5.41) is 2.10. The lowest BCUT2D eigenvalue weighted by atomic mass is 10.5. The molecule has 1 fully saturated rings. The Labute approximate surface area is 70.9 Å². The predicted octanol–water partition coefficient (Wildman–Crippen LogP) is -0.326. The summed E-state index contributed by atoms with van der Waals surface area (Å²) in [6.07, 6.45) is 5.35. The average molecular weight is 168 g/mol. The summed E-state index contributed by atoms with van der Waals surface area (Å²) in [7, 11) is 0. The SMILES string of the molecule is c1cn(NN2CCOCC2)cn1. The predicted molar refractivity (Wildman–Crippen MR) is 44.0 cm³/mol. The van der Waals surface area contributed by atoms with Crippen molar-refractivity contribution in [3.05, 3.63) is 18.7 Å². The Balaban J connectivity index is 1.86. The molecular formula is C7H12N4O. The van der Waals surface area contributed by atoms with Crippen LogP contribution in [0.1, 0.15) is 0 Å². The van der Waals surface area contributed by atoms with Gasteiger partial charge in [-0.15, -0.1) is 0 Å². The number of ether oxygens (including phenoxy) is 1. The first kappa shape index (κ1) is 7.57. The van der Waals surface area contributed by atoms with E-state index in [1.165, 1.54) is 0 Å². The molecule has 0 saturated carbocycles. The normalized spacial score (nSPS) is 19.3. The number of rotatable bonds is 2. The van der Waals surface area contributed by atoms with Gasteiger partial charge in [0.05, 0.1) is 13.2 Å². The molecular weight excluding hydrogens is 156 g/mol. The number of imidazole rings is 1. The van der Waals surface area contributed by atoms with Crippen LogP contribution >= 0.6 is 0 Å². The molecule has 0 atom stereocenters. The fraction of sp³-hybridized carbons (Fsp3) is 0.571. The van der Waals surface area contributed by atoms with Crippen molar-refractivity contribution in [2.75, 3.05) is 31.8 Å². The van der Waals surface area contributed by atoms with Gasteiger partial charge in [-0.2, -0.15) is 0 Å². The van der Waals surface area contributed by atoms with Crippen LogP contribution in [0.25, 0.3) is 0 Å². The quantitative estimate of drug-likeness (QED) is 0.657. The first-order valence-electron chi connectivity index (χ1n) is 4.02. The highest BCUT2D eigenvalue weighted by Gasteiger charge is 2.08. The summed E-state index contributed by atoms with van der Waals surface area (Å²) in [5.41, 5.74) is 3.17. The summed E-state index contributed by atoms with van der Waals surface area (Å²) < 4.78 is 7.04. The van der Waals surface area contributed by atoms with E-state index >= 15 is 0 Å². The molecule has 5 nitrogen and oxygen atoms in total. The maximum Gasteiger partial charge on any atom is 0.115 e. The topological polar surface area (TPSA) is 42.3 Å². The molecule has 0 radical (unpaired) electrons. The van der Waals surface area contributed by atoms with Crippen LogP contribution in [-0.4, -0.2) is 41.0 Å². The largest absolute Gasteiger partial charge is 0.379 e. The third-order valence-corrected chi connectivity index (χ3v) is 1.77. The summed E-state index contributed by atoms with van der Waals surface area (Å²) in [6, 6.07) is 0. The van der Waals surface area contributed by atoms with Gasteiger partial charge in [0, 0.05) is 25.5 Å². The smallest absolute Gasteiger partial charge is 0.115 e. The van der Waals surface area contributed by atoms with E-state index < -0.39 is 0 Å². The molecule has 0 aliphatic carbocycles. The Morgan fingerprint density at radius 3 is 2.83 bits per heavy atom. The van der Waals surface area contributed by atoms with Gasteiger partial charge in [-0.3, -0.25) is 5.53 Å². The fourth-order valence-corrected chi connectivity index (χ4v) is 1.14. The van der Waals surface area contributed by atoms with Gasteiger partial charge in [0.15, 0.2) is 0 Å². The van der Waals surface area contributed by atoms with Crippen molar-refractivity contribution in [1.82, 2.24) is 14.7 Å². The zero-order chi connectivity index (χ0) is 8.23. The minimum absolute atomic E-state index is 0.793. The minimum atomic E-state index is 0.793. The van der Waals surface area contributed by atoms with Gasteiger partial charge >= 0.3 is 0 Å². The van der Waals surface area contributed by atoms with Crippen molar-refractivity contribution < 1.29 is 4.74 Å². The average Bonchev–Trinajstić information content (AvgIpc) is 2.59. The lowest BCUT2D eigenvalue weighted by molar-refractivity contribution is 0.0426. The Kier molecular flexibility index (Phi) is 2.24. The Morgan fingerprint density at radius 2 is 2.17 bits per heavy atom. The molecule has 1 N–H and O–H groups in total. The fourth-order valence-electron chi connectivity index (χ4n) is 1.14.